The van der Waals surface area contributed by atoms with Crippen molar-refractivity contribution in [3.63, 3.8) is 0 Å². The molecular weight excluding hydrogens is 703 g/mol. The zero-order chi connectivity index (χ0) is 39.8. The molecule has 5 aromatic carbocycles. The van der Waals surface area contributed by atoms with Gasteiger partial charge in [-0.3, -0.25) is 0 Å². The van der Waals surface area contributed by atoms with Gasteiger partial charge in [0, 0.05) is 33.5 Å². The van der Waals surface area contributed by atoms with Gasteiger partial charge in [0.1, 0.15) is 11.5 Å². The third-order valence-corrected chi connectivity index (χ3v) is 18.1. The molecule has 296 valence electrons. The number of ether oxygens (including phenoxy) is 1. The molecule has 12 rings (SSSR count). The topological polar surface area (TPSA) is 12.5 Å². The van der Waals surface area contributed by atoms with E-state index in [0.29, 0.717) is 17.3 Å². The first kappa shape index (κ1) is 35.6. The van der Waals surface area contributed by atoms with Gasteiger partial charge in [0.15, 0.2) is 0 Å². The molecular formula is C56H61NO. The highest BCUT2D eigenvalue weighted by molar-refractivity contribution is 5.91. The molecule has 0 radical (unpaired) electrons. The van der Waals surface area contributed by atoms with Gasteiger partial charge in [-0.05, 0) is 172 Å². The van der Waals surface area contributed by atoms with E-state index in [1.54, 1.807) is 0 Å². The second kappa shape index (κ2) is 11.3. The number of fused-ring (bicyclic) bond motifs is 9. The predicted octanol–water partition coefficient (Wildman–Crippen LogP) is 15.0. The summed E-state index contributed by atoms with van der Waals surface area (Å²) in [4.78, 5) is 2.67. The molecule has 58 heavy (non-hydrogen) atoms. The van der Waals surface area contributed by atoms with Crippen molar-refractivity contribution in [2.75, 3.05) is 4.90 Å². The summed E-state index contributed by atoms with van der Waals surface area (Å²) in [6.07, 6.45) is 10.5. The minimum Gasteiger partial charge on any atom is -0.457 e. The number of hydrogen-bond donors (Lipinski definition) is 0. The van der Waals surface area contributed by atoms with Crippen LogP contribution in [0.15, 0.2) is 103 Å². The lowest BCUT2D eigenvalue weighted by molar-refractivity contribution is -0.235. The Bertz CT molecular complexity index is 2480. The lowest BCUT2D eigenvalue weighted by Crippen LogP contribution is -2.74. The minimum atomic E-state index is -0.00474. The van der Waals surface area contributed by atoms with Crippen molar-refractivity contribution in [3.8, 4) is 22.6 Å². The first-order valence-electron chi connectivity index (χ1n) is 22.8. The maximum Gasteiger partial charge on any atom is 0.132 e. The molecule has 1 aliphatic heterocycles. The van der Waals surface area contributed by atoms with E-state index >= 15 is 0 Å². The van der Waals surface area contributed by atoms with Gasteiger partial charge < -0.3 is 9.64 Å². The van der Waals surface area contributed by atoms with Crippen LogP contribution in [0.5, 0.6) is 11.5 Å². The summed E-state index contributed by atoms with van der Waals surface area (Å²) in [7, 11) is 0. The molecule has 4 saturated carbocycles. The van der Waals surface area contributed by atoms with Crippen LogP contribution in [0, 0.1) is 29.1 Å². The lowest BCUT2D eigenvalue weighted by Gasteiger charge is -2.77. The molecule has 7 aliphatic rings. The van der Waals surface area contributed by atoms with Crippen LogP contribution in [-0.2, 0) is 27.1 Å². The molecule has 5 aromatic rings. The quantitative estimate of drug-likeness (QED) is 0.181. The molecule has 2 spiro atoms. The van der Waals surface area contributed by atoms with Gasteiger partial charge in [0.25, 0.3) is 0 Å². The fourth-order valence-electron chi connectivity index (χ4n) is 15.0. The Morgan fingerprint density at radius 2 is 1.07 bits per heavy atom. The van der Waals surface area contributed by atoms with Crippen LogP contribution >= 0.6 is 0 Å². The highest BCUT2D eigenvalue weighted by Gasteiger charge is 2.84. The van der Waals surface area contributed by atoms with Crippen LogP contribution in [0.2, 0.25) is 0 Å². The third-order valence-electron chi connectivity index (χ3n) is 18.1. The minimum absolute atomic E-state index is 0.00474. The van der Waals surface area contributed by atoms with E-state index in [4.69, 9.17) is 4.74 Å². The van der Waals surface area contributed by atoms with Crippen molar-refractivity contribution in [1.82, 2.24) is 0 Å². The Kier molecular flexibility index (Phi) is 6.93. The number of nitrogens with zero attached hydrogens (tertiary/aromatic N) is 1. The van der Waals surface area contributed by atoms with E-state index in [-0.39, 0.29) is 27.1 Å². The standard InChI is InChI=1S/C56H61NO/c1-51(2)22-24-53(5,6)43-29-37(18-20-40(43)51)57(38-19-21-41-44(30-38)54(7,8)25-23-52(41,3)4)46-32-45-48(31-39(46)35-14-10-9-11-15-35)58-47-17-13-12-16-42(47)56(45)49-27-34-26-36-28-50(56)55(36,49)33-34/h9-21,29-32,34,36,49-50H,22-28,33H2,1-8H3. The SMILES string of the molecule is CC1(C)CCC(C)(C)c2cc(N(c3ccc4c(c3)C(C)(C)CCC4(C)C)c3cc4c(cc3-c3ccccc3)Oc3ccccc3C43C4CC5CC6CC3C64C5)ccc21. The monoisotopic (exact) mass is 763 g/mol. The second-order valence-corrected chi connectivity index (χ2v) is 22.7. The van der Waals surface area contributed by atoms with Gasteiger partial charge in [-0.1, -0.05) is 116 Å². The molecule has 0 amide bonds. The van der Waals surface area contributed by atoms with Gasteiger partial charge in [-0.15, -0.1) is 0 Å². The Morgan fingerprint density at radius 3 is 1.69 bits per heavy atom. The number of rotatable bonds is 4. The molecule has 0 saturated heterocycles. The number of hydrogen-bond acceptors (Lipinski definition) is 2. The maximum absolute atomic E-state index is 7.14. The highest BCUT2D eigenvalue weighted by Crippen LogP contribution is 2.89. The number of benzene rings is 5. The summed E-state index contributed by atoms with van der Waals surface area (Å²) in [5.74, 6) is 5.35. The summed E-state index contributed by atoms with van der Waals surface area (Å²) in [5, 5.41) is 0. The van der Waals surface area contributed by atoms with Gasteiger partial charge in [-0.25, -0.2) is 0 Å². The van der Waals surface area contributed by atoms with Crippen LogP contribution < -0.4 is 9.64 Å². The van der Waals surface area contributed by atoms with E-state index in [2.05, 4.69) is 163 Å². The van der Waals surface area contributed by atoms with E-state index in [0.717, 1.165) is 23.3 Å². The number of para-hydroxylation sites is 1. The van der Waals surface area contributed by atoms with Gasteiger partial charge >= 0.3 is 0 Å². The zero-order valence-corrected chi connectivity index (χ0v) is 36.1. The summed E-state index contributed by atoms with van der Waals surface area (Å²) >= 11 is 0. The van der Waals surface area contributed by atoms with Gasteiger partial charge in [0.2, 0.25) is 0 Å². The van der Waals surface area contributed by atoms with Gasteiger partial charge in [-0.2, -0.15) is 0 Å². The van der Waals surface area contributed by atoms with E-state index in [1.165, 1.54) is 113 Å². The first-order valence-corrected chi connectivity index (χ1v) is 22.8. The predicted molar refractivity (Wildman–Crippen MR) is 239 cm³/mol. The fourth-order valence-corrected chi connectivity index (χ4v) is 15.0. The summed E-state index contributed by atoms with van der Waals surface area (Å²) in [5.41, 5.74) is 16.2. The average molecular weight is 764 g/mol. The Labute approximate surface area is 347 Å². The van der Waals surface area contributed by atoms with Crippen molar-refractivity contribution >= 4 is 17.1 Å². The molecule has 6 unspecified atom stereocenters. The summed E-state index contributed by atoms with van der Waals surface area (Å²) in [6, 6.07) is 40.5. The van der Waals surface area contributed by atoms with E-state index in [9.17, 15) is 0 Å². The van der Waals surface area contributed by atoms with Crippen molar-refractivity contribution in [1.29, 1.82) is 0 Å². The zero-order valence-electron chi connectivity index (χ0n) is 36.1. The average Bonchev–Trinajstić information content (AvgIpc) is 3.74. The number of anilines is 3. The third kappa shape index (κ3) is 4.40. The lowest BCUT2D eigenvalue weighted by atomic mass is 9.26. The smallest absolute Gasteiger partial charge is 0.132 e. The summed E-state index contributed by atoms with van der Waals surface area (Å²) < 4.78 is 7.14. The van der Waals surface area contributed by atoms with Crippen LogP contribution in [-0.4, -0.2) is 0 Å². The first-order chi connectivity index (χ1) is 27.6. The second-order valence-electron chi connectivity index (χ2n) is 22.7. The summed E-state index contributed by atoms with van der Waals surface area (Å²) in [6.45, 7) is 19.7. The van der Waals surface area contributed by atoms with Crippen molar-refractivity contribution in [2.45, 2.75) is 134 Å². The normalized spacial score (nSPS) is 31.4. The molecule has 2 bridgehead atoms. The molecule has 2 heteroatoms. The van der Waals surface area contributed by atoms with Crippen LogP contribution in [0.25, 0.3) is 11.1 Å². The Hall–Kier alpha value is -4.30. The molecule has 0 aromatic heterocycles. The van der Waals surface area contributed by atoms with Crippen molar-refractivity contribution in [3.05, 3.63) is 137 Å². The van der Waals surface area contributed by atoms with Crippen LogP contribution in [0.1, 0.15) is 140 Å². The van der Waals surface area contributed by atoms with Gasteiger partial charge in [0.05, 0.1) is 5.69 Å². The van der Waals surface area contributed by atoms with E-state index in [1.807, 2.05) is 0 Å². The van der Waals surface area contributed by atoms with E-state index < -0.39 is 0 Å². The van der Waals surface area contributed by atoms with Crippen LogP contribution in [0.4, 0.5) is 17.1 Å². The van der Waals surface area contributed by atoms with Crippen LogP contribution in [0.3, 0.4) is 0 Å². The molecule has 0 N–H and O–H groups in total. The van der Waals surface area contributed by atoms with Crippen molar-refractivity contribution < 1.29 is 4.74 Å². The highest BCUT2D eigenvalue weighted by atomic mass is 16.5. The molecule has 6 aliphatic carbocycles. The Balaban J connectivity index is 1.15. The molecule has 1 heterocycles. The maximum atomic E-state index is 7.14. The molecule has 2 nitrogen and oxygen atoms in total. The fraction of sp³-hybridized carbons (Fsp3) is 0.464. The van der Waals surface area contributed by atoms with Crippen molar-refractivity contribution in [2.24, 2.45) is 29.1 Å². The Morgan fingerprint density at radius 1 is 0.500 bits per heavy atom. The largest absolute Gasteiger partial charge is 0.457 e. The molecule has 6 atom stereocenters. The molecule has 4 fully saturated rings.